The summed E-state index contributed by atoms with van der Waals surface area (Å²) in [6, 6.07) is 11.4. The molecule has 0 N–H and O–H groups in total. The van der Waals surface area contributed by atoms with Crippen LogP contribution in [0.2, 0.25) is 0 Å². The van der Waals surface area contributed by atoms with Gasteiger partial charge in [0.15, 0.2) is 0 Å². The van der Waals surface area contributed by atoms with Crippen molar-refractivity contribution in [1.82, 2.24) is 9.88 Å². The first kappa shape index (κ1) is 14.7. The van der Waals surface area contributed by atoms with Gasteiger partial charge >= 0.3 is 0 Å². The Morgan fingerprint density at radius 2 is 1.95 bits per heavy atom. The standard InChI is InChI=1S/C16H17BrN2O/c1-12(2)19(11-13-4-3-9-18-10-13)16(20)14-5-7-15(17)8-6-14/h3-10,12H,11H2,1-2H3. The number of nitrogens with zero attached hydrogens (tertiary/aromatic N) is 2. The molecule has 0 unspecified atom stereocenters. The summed E-state index contributed by atoms with van der Waals surface area (Å²) in [5.41, 5.74) is 1.73. The van der Waals surface area contributed by atoms with Crippen molar-refractivity contribution in [2.24, 2.45) is 0 Å². The minimum absolute atomic E-state index is 0.0383. The number of carbonyl (C=O) groups is 1. The second kappa shape index (κ2) is 6.66. The highest BCUT2D eigenvalue weighted by Gasteiger charge is 2.18. The predicted molar refractivity (Wildman–Crippen MR) is 83.4 cm³/mol. The second-order valence-electron chi connectivity index (χ2n) is 4.89. The summed E-state index contributed by atoms with van der Waals surface area (Å²) in [5.74, 6) is 0.0383. The molecular formula is C16H17BrN2O. The minimum Gasteiger partial charge on any atom is -0.332 e. The fourth-order valence-electron chi connectivity index (χ4n) is 1.94. The minimum atomic E-state index is 0.0383. The molecule has 20 heavy (non-hydrogen) atoms. The molecule has 0 aliphatic heterocycles. The maximum atomic E-state index is 12.6. The Morgan fingerprint density at radius 3 is 2.50 bits per heavy atom. The summed E-state index contributed by atoms with van der Waals surface area (Å²) in [6.45, 7) is 4.61. The Bertz CT molecular complexity index is 567. The van der Waals surface area contributed by atoms with E-state index in [9.17, 15) is 4.79 Å². The summed E-state index contributed by atoms with van der Waals surface area (Å²) in [5, 5.41) is 0. The maximum absolute atomic E-state index is 12.6. The monoisotopic (exact) mass is 332 g/mol. The zero-order chi connectivity index (χ0) is 14.5. The van der Waals surface area contributed by atoms with Gasteiger partial charge in [-0.1, -0.05) is 22.0 Å². The third-order valence-electron chi connectivity index (χ3n) is 3.05. The molecule has 1 aromatic carbocycles. The van der Waals surface area contributed by atoms with Gasteiger partial charge in [0.2, 0.25) is 0 Å². The second-order valence-corrected chi connectivity index (χ2v) is 5.81. The van der Waals surface area contributed by atoms with Gasteiger partial charge in [-0.05, 0) is 49.7 Å². The van der Waals surface area contributed by atoms with Crippen molar-refractivity contribution < 1.29 is 4.79 Å². The third kappa shape index (κ3) is 3.67. The highest BCUT2D eigenvalue weighted by atomic mass is 79.9. The molecule has 4 heteroatoms. The SMILES string of the molecule is CC(C)N(Cc1cccnc1)C(=O)c1ccc(Br)cc1. The van der Waals surface area contributed by atoms with Crippen LogP contribution in [-0.2, 0) is 6.54 Å². The molecule has 1 amide bonds. The molecule has 0 saturated heterocycles. The lowest BCUT2D eigenvalue weighted by atomic mass is 10.1. The molecule has 1 aromatic heterocycles. The highest BCUT2D eigenvalue weighted by molar-refractivity contribution is 9.10. The van der Waals surface area contributed by atoms with Crippen LogP contribution >= 0.6 is 15.9 Å². The van der Waals surface area contributed by atoms with E-state index < -0.39 is 0 Å². The molecule has 104 valence electrons. The van der Waals surface area contributed by atoms with Crippen molar-refractivity contribution in [1.29, 1.82) is 0 Å². The molecule has 0 atom stereocenters. The van der Waals surface area contributed by atoms with Gasteiger partial charge in [-0.15, -0.1) is 0 Å². The van der Waals surface area contributed by atoms with E-state index in [1.165, 1.54) is 0 Å². The molecule has 2 rings (SSSR count). The van der Waals surface area contributed by atoms with Gasteiger partial charge < -0.3 is 4.90 Å². The topological polar surface area (TPSA) is 33.2 Å². The number of hydrogen-bond donors (Lipinski definition) is 0. The molecular weight excluding hydrogens is 316 g/mol. The van der Waals surface area contributed by atoms with Gasteiger partial charge in [-0.25, -0.2) is 0 Å². The van der Waals surface area contributed by atoms with E-state index in [0.29, 0.717) is 12.1 Å². The Kier molecular flexibility index (Phi) is 4.90. The number of amides is 1. The molecule has 0 spiro atoms. The molecule has 0 aliphatic carbocycles. The van der Waals surface area contributed by atoms with Crippen LogP contribution in [0.5, 0.6) is 0 Å². The van der Waals surface area contributed by atoms with Crippen molar-refractivity contribution >= 4 is 21.8 Å². The largest absolute Gasteiger partial charge is 0.332 e. The normalized spacial score (nSPS) is 10.6. The first-order valence-corrected chi connectivity index (χ1v) is 7.32. The smallest absolute Gasteiger partial charge is 0.254 e. The summed E-state index contributed by atoms with van der Waals surface area (Å²) >= 11 is 3.38. The summed E-state index contributed by atoms with van der Waals surface area (Å²) < 4.78 is 0.970. The first-order valence-electron chi connectivity index (χ1n) is 6.53. The Balaban J connectivity index is 2.20. The molecule has 2 aromatic rings. The van der Waals surface area contributed by atoms with E-state index in [2.05, 4.69) is 20.9 Å². The Morgan fingerprint density at radius 1 is 1.25 bits per heavy atom. The number of hydrogen-bond acceptors (Lipinski definition) is 2. The number of halogens is 1. The lowest BCUT2D eigenvalue weighted by molar-refractivity contribution is 0.0690. The zero-order valence-corrected chi connectivity index (χ0v) is 13.2. The van der Waals surface area contributed by atoms with Crippen LogP contribution < -0.4 is 0 Å². The number of carbonyl (C=O) groups excluding carboxylic acids is 1. The Hall–Kier alpha value is -1.68. The third-order valence-corrected chi connectivity index (χ3v) is 3.58. The molecule has 1 heterocycles. The average Bonchev–Trinajstić information content (AvgIpc) is 2.45. The quantitative estimate of drug-likeness (QED) is 0.850. The predicted octanol–water partition coefficient (Wildman–Crippen LogP) is 3.89. The molecule has 0 saturated carbocycles. The van der Waals surface area contributed by atoms with E-state index in [0.717, 1.165) is 10.0 Å². The van der Waals surface area contributed by atoms with Crippen molar-refractivity contribution in [3.8, 4) is 0 Å². The van der Waals surface area contributed by atoms with Gasteiger partial charge in [0.05, 0.1) is 0 Å². The molecule has 0 aliphatic rings. The van der Waals surface area contributed by atoms with Crippen LogP contribution in [0, 0.1) is 0 Å². The van der Waals surface area contributed by atoms with Crippen molar-refractivity contribution in [2.75, 3.05) is 0 Å². The fourth-order valence-corrected chi connectivity index (χ4v) is 2.20. The number of benzene rings is 1. The van der Waals surface area contributed by atoms with Gasteiger partial charge in [-0.2, -0.15) is 0 Å². The van der Waals surface area contributed by atoms with E-state index in [1.807, 2.05) is 55.1 Å². The highest BCUT2D eigenvalue weighted by Crippen LogP contribution is 2.15. The van der Waals surface area contributed by atoms with Gasteiger partial charge in [-0.3, -0.25) is 9.78 Å². The van der Waals surface area contributed by atoms with Crippen LogP contribution in [0.15, 0.2) is 53.3 Å². The van der Waals surface area contributed by atoms with E-state index in [4.69, 9.17) is 0 Å². The van der Waals surface area contributed by atoms with Crippen molar-refractivity contribution in [3.63, 3.8) is 0 Å². The van der Waals surface area contributed by atoms with E-state index >= 15 is 0 Å². The summed E-state index contributed by atoms with van der Waals surface area (Å²) in [6.07, 6.45) is 3.53. The number of pyridine rings is 1. The van der Waals surface area contributed by atoms with Crippen LogP contribution in [0.3, 0.4) is 0 Å². The lowest BCUT2D eigenvalue weighted by Gasteiger charge is -2.27. The van der Waals surface area contributed by atoms with Crippen molar-refractivity contribution in [3.05, 3.63) is 64.4 Å². The van der Waals surface area contributed by atoms with E-state index in [-0.39, 0.29) is 11.9 Å². The van der Waals surface area contributed by atoms with E-state index in [1.54, 1.807) is 12.4 Å². The molecule has 0 radical (unpaired) electrons. The molecule has 0 fully saturated rings. The van der Waals surface area contributed by atoms with Gasteiger partial charge in [0.25, 0.3) is 5.91 Å². The van der Waals surface area contributed by atoms with Crippen LogP contribution in [-0.4, -0.2) is 21.8 Å². The fraction of sp³-hybridized carbons (Fsp3) is 0.250. The van der Waals surface area contributed by atoms with Gasteiger partial charge in [0, 0.05) is 35.0 Å². The average molecular weight is 333 g/mol. The Labute approximate surface area is 127 Å². The van der Waals surface area contributed by atoms with Crippen LogP contribution in [0.4, 0.5) is 0 Å². The zero-order valence-electron chi connectivity index (χ0n) is 11.6. The maximum Gasteiger partial charge on any atom is 0.254 e. The lowest BCUT2D eigenvalue weighted by Crippen LogP contribution is -2.36. The van der Waals surface area contributed by atoms with Crippen LogP contribution in [0.1, 0.15) is 29.8 Å². The molecule has 3 nitrogen and oxygen atoms in total. The van der Waals surface area contributed by atoms with Crippen LogP contribution in [0.25, 0.3) is 0 Å². The number of rotatable bonds is 4. The number of aromatic nitrogens is 1. The summed E-state index contributed by atoms with van der Waals surface area (Å²) in [7, 11) is 0. The van der Waals surface area contributed by atoms with Gasteiger partial charge in [0.1, 0.15) is 0 Å². The van der Waals surface area contributed by atoms with Crippen molar-refractivity contribution in [2.45, 2.75) is 26.4 Å². The summed E-state index contributed by atoms with van der Waals surface area (Å²) in [4.78, 5) is 18.5. The molecule has 0 bridgehead atoms. The first-order chi connectivity index (χ1) is 9.58.